The quantitative estimate of drug-likeness (QED) is 0.636. The van der Waals surface area contributed by atoms with Gasteiger partial charge in [-0.15, -0.1) is 0 Å². The van der Waals surface area contributed by atoms with Crippen LogP contribution in [0.5, 0.6) is 0 Å². The molecule has 0 radical (unpaired) electrons. The number of benzene rings is 1. The van der Waals surface area contributed by atoms with Crippen molar-refractivity contribution in [3.63, 3.8) is 0 Å². The predicted molar refractivity (Wildman–Crippen MR) is 66.1 cm³/mol. The Labute approximate surface area is 97.9 Å². The van der Waals surface area contributed by atoms with Gasteiger partial charge in [0, 0.05) is 0 Å². The summed E-state index contributed by atoms with van der Waals surface area (Å²) in [4.78, 5) is 0. The molecule has 0 saturated heterocycles. The predicted octanol–water partition coefficient (Wildman–Crippen LogP) is 4.82. The molecule has 0 aliphatic heterocycles. The summed E-state index contributed by atoms with van der Waals surface area (Å²) in [6.45, 7) is 6.72. The van der Waals surface area contributed by atoms with Gasteiger partial charge in [0.2, 0.25) is 0 Å². The highest BCUT2D eigenvalue weighted by Gasteiger charge is 2.29. The van der Waals surface area contributed by atoms with Gasteiger partial charge in [-0.25, -0.2) is 4.39 Å². The third-order valence-corrected chi connectivity index (χ3v) is 3.88. The van der Waals surface area contributed by atoms with Gasteiger partial charge in [-0.2, -0.15) is 0 Å². The van der Waals surface area contributed by atoms with Gasteiger partial charge >= 0.3 is 0 Å². The van der Waals surface area contributed by atoms with Crippen LogP contribution in [0, 0.1) is 18.2 Å². The monoisotopic (exact) mass is 220 g/mol. The lowest BCUT2D eigenvalue weighted by Crippen LogP contribution is -2.21. The Bertz CT molecular complexity index is 379. The molecule has 0 unspecified atom stereocenters. The van der Waals surface area contributed by atoms with Gasteiger partial charge in [-0.1, -0.05) is 26.3 Å². The molecule has 1 aliphatic carbocycles. The summed E-state index contributed by atoms with van der Waals surface area (Å²) in [7, 11) is 0. The van der Waals surface area contributed by atoms with Crippen molar-refractivity contribution in [3.05, 3.63) is 35.1 Å². The van der Waals surface area contributed by atoms with Gasteiger partial charge in [-0.3, -0.25) is 0 Å². The van der Waals surface area contributed by atoms with Crippen LogP contribution in [-0.2, 0) is 0 Å². The normalized spacial score (nSPS) is 24.4. The Morgan fingerprint density at radius 2 is 2.06 bits per heavy atom. The molecule has 0 nitrogen and oxygen atoms in total. The zero-order valence-electron chi connectivity index (χ0n) is 10.5. The third-order valence-electron chi connectivity index (χ3n) is 3.88. The summed E-state index contributed by atoms with van der Waals surface area (Å²) < 4.78 is 13.1. The SMILES string of the molecule is Cc1cc(F)ccc1[C@@H]1CCCC(C)(C)C1. The van der Waals surface area contributed by atoms with Crippen LogP contribution < -0.4 is 0 Å². The van der Waals surface area contributed by atoms with E-state index < -0.39 is 0 Å². The number of halogens is 1. The number of aryl methyl sites for hydroxylation is 1. The molecule has 0 N–H and O–H groups in total. The molecule has 1 aromatic rings. The zero-order valence-corrected chi connectivity index (χ0v) is 10.5. The summed E-state index contributed by atoms with van der Waals surface area (Å²) in [6.07, 6.45) is 5.12. The smallest absolute Gasteiger partial charge is 0.123 e. The maximum atomic E-state index is 13.1. The van der Waals surface area contributed by atoms with E-state index in [1.165, 1.54) is 31.2 Å². The van der Waals surface area contributed by atoms with E-state index >= 15 is 0 Å². The Hall–Kier alpha value is -0.850. The summed E-state index contributed by atoms with van der Waals surface area (Å²) in [5.74, 6) is 0.515. The number of rotatable bonds is 1. The average Bonchev–Trinajstić information content (AvgIpc) is 2.15. The molecule has 1 saturated carbocycles. The molecule has 1 aromatic carbocycles. The molecular weight excluding hydrogens is 199 g/mol. The minimum Gasteiger partial charge on any atom is -0.207 e. The van der Waals surface area contributed by atoms with E-state index in [9.17, 15) is 4.39 Å². The molecule has 0 heterocycles. The maximum absolute atomic E-state index is 13.1. The Balaban J connectivity index is 2.23. The lowest BCUT2D eigenvalue weighted by Gasteiger charge is -2.36. The van der Waals surface area contributed by atoms with Crippen LogP contribution in [0.15, 0.2) is 18.2 Å². The van der Waals surface area contributed by atoms with E-state index in [2.05, 4.69) is 13.8 Å². The van der Waals surface area contributed by atoms with Gasteiger partial charge in [0.25, 0.3) is 0 Å². The van der Waals surface area contributed by atoms with Crippen molar-refractivity contribution in [1.29, 1.82) is 0 Å². The topological polar surface area (TPSA) is 0 Å². The average molecular weight is 220 g/mol. The van der Waals surface area contributed by atoms with Crippen LogP contribution in [0.1, 0.15) is 56.6 Å². The van der Waals surface area contributed by atoms with E-state index in [1.807, 2.05) is 13.0 Å². The summed E-state index contributed by atoms with van der Waals surface area (Å²) in [5, 5.41) is 0. The molecule has 0 bridgehead atoms. The fourth-order valence-corrected chi connectivity index (χ4v) is 3.06. The van der Waals surface area contributed by atoms with Crippen molar-refractivity contribution < 1.29 is 4.39 Å². The fourth-order valence-electron chi connectivity index (χ4n) is 3.06. The highest BCUT2D eigenvalue weighted by atomic mass is 19.1. The first kappa shape index (κ1) is 11.6. The van der Waals surface area contributed by atoms with E-state index in [-0.39, 0.29) is 5.82 Å². The largest absolute Gasteiger partial charge is 0.207 e. The molecule has 0 aromatic heterocycles. The van der Waals surface area contributed by atoms with Gasteiger partial charge in [0.05, 0.1) is 0 Å². The molecule has 1 heteroatoms. The molecule has 2 rings (SSSR count). The lowest BCUT2D eigenvalue weighted by atomic mass is 9.69. The molecular formula is C15H21F. The van der Waals surface area contributed by atoms with E-state index in [0.29, 0.717) is 11.3 Å². The second-order valence-corrected chi connectivity index (χ2v) is 5.96. The number of hydrogen-bond donors (Lipinski definition) is 0. The van der Waals surface area contributed by atoms with Gasteiger partial charge in [-0.05, 0) is 60.8 Å². The Morgan fingerprint density at radius 3 is 2.69 bits per heavy atom. The zero-order chi connectivity index (χ0) is 11.8. The summed E-state index contributed by atoms with van der Waals surface area (Å²) in [6, 6.07) is 5.25. The molecule has 1 atom stereocenters. The summed E-state index contributed by atoms with van der Waals surface area (Å²) >= 11 is 0. The van der Waals surface area contributed by atoms with E-state index in [1.54, 1.807) is 12.1 Å². The number of hydrogen-bond acceptors (Lipinski definition) is 0. The highest BCUT2D eigenvalue weighted by Crippen LogP contribution is 2.44. The van der Waals surface area contributed by atoms with E-state index in [4.69, 9.17) is 0 Å². The van der Waals surface area contributed by atoms with Crippen molar-refractivity contribution in [2.24, 2.45) is 5.41 Å². The van der Waals surface area contributed by atoms with Crippen LogP contribution in [0.2, 0.25) is 0 Å². The van der Waals surface area contributed by atoms with Crippen molar-refractivity contribution >= 4 is 0 Å². The standard InChI is InChI=1S/C15H21F/c1-11-9-13(16)6-7-14(11)12-5-4-8-15(2,3)10-12/h6-7,9,12H,4-5,8,10H2,1-3H3/t12-/m1/s1. The van der Waals surface area contributed by atoms with Crippen LogP contribution >= 0.6 is 0 Å². The maximum Gasteiger partial charge on any atom is 0.123 e. The van der Waals surface area contributed by atoms with Crippen molar-refractivity contribution in [3.8, 4) is 0 Å². The van der Waals surface area contributed by atoms with Crippen LogP contribution in [0.4, 0.5) is 4.39 Å². The van der Waals surface area contributed by atoms with Crippen molar-refractivity contribution in [2.75, 3.05) is 0 Å². The molecule has 88 valence electrons. The third kappa shape index (κ3) is 2.45. The highest BCUT2D eigenvalue weighted by molar-refractivity contribution is 5.30. The minimum atomic E-state index is -0.115. The first-order chi connectivity index (χ1) is 7.48. The van der Waals surface area contributed by atoms with Gasteiger partial charge in [0.15, 0.2) is 0 Å². The Kier molecular flexibility index (Phi) is 3.05. The van der Waals surface area contributed by atoms with Gasteiger partial charge < -0.3 is 0 Å². The molecule has 1 aliphatic rings. The molecule has 16 heavy (non-hydrogen) atoms. The first-order valence-electron chi connectivity index (χ1n) is 6.24. The van der Waals surface area contributed by atoms with Crippen LogP contribution in [0.25, 0.3) is 0 Å². The molecule has 1 fully saturated rings. The second-order valence-electron chi connectivity index (χ2n) is 5.96. The van der Waals surface area contributed by atoms with Crippen molar-refractivity contribution in [1.82, 2.24) is 0 Å². The minimum absolute atomic E-state index is 0.115. The Morgan fingerprint density at radius 1 is 1.31 bits per heavy atom. The lowest BCUT2D eigenvalue weighted by molar-refractivity contribution is 0.219. The van der Waals surface area contributed by atoms with Crippen LogP contribution in [0.3, 0.4) is 0 Å². The van der Waals surface area contributed by atoms with E-state index in [0.717, 1.165) is 5.56 Å². The first-order valence-corrected chi connectivity index (χ1v) is 6.24. The molecule has 0 spiro atoms. The second kappa shape index (κ2) is 4.20. The van der Waals surface area contributed by atoms with Crippen LogP contribution in [-0.4, -0.2) is 0 Å². The fraction of sp³-hybridized carbons (Fsp3) is 0.600. The van der Waals surface area contributed by atoms with Gasteiger partial charge in [0.1, 0.15) is 5.82 Å². The molecule has 0 amide bonds. The van der Waals surface area contributed by atoms with Crippen molar-refractivity contribution in [2.45, 2.75) is 52.4 Å². The summed E-state index contributed by atoms with van der Waals surface area (Å²) in [5.41, 5.74) is 2.92.